The van der Waals surface area contributed by atoms with Crippen molar-refractivity contribution in [2.24, 2.45) is 0 Å². The Kier molecular flexibility index (Phi) is 4.73. The van der Waals surface area contributed by atoms with Gasteiger partial charge in [0.1, 0.15) is 0 Å². The predicted octanol–water partition coefficient (Wildman–Crippen LogP) is 2.75. The number of halogens is 1. The van der Waals surface area contributed by atoms with Gasteiger partial charge in [-0.1, -0.05) is 17.7 Å². The van der Waals surface area contributed by atoms with Crippen molar-refractivity contribution in [1.82, 2.24) is 10.3 Å². The van der Waals surface area contributed by atoms with Gasteiger partial charge in [-0.2, -0.15) is 0 Å². The van der Waals surface area contributed by atoms with Gasteiger partial charge in [0.15, 0.2) is 0 Å². The molecule has 1 aromatic heterocycles. The fourth-order valence-corrected chi connectivity index (χ4v) is 1.83. The molecule has 1 heterocycles. The highest BCUT2D eigenvalue weighted by Gasteiger charge is 2.12. The minimum atomic E-state index is -1.14. The number of pyridine rings is 1. The lowest BCUT2D eigenvalue weighted by Crippen LogP contribution is -2.29. The molecular formula is C14H12ClN3O3. The number of hydrogen-bond donors (Lipinski definition) is 3. The number of amides is 2. The quantitative estimate of drug-likeness (QED) is 0.810. The third-order valence-electron chi connectivity index (χ3n) is 2.64. The number of rotatable bonds is 4. The average molecular weight is 306 g/mol. The molecular weight excluding hydrogens is 294 g/mol. The Morgan fingerprint density at radius 1 is 1.29 bits per heavy atom. The van der Waals surface area contributed by atoms with E-state index < -0.39 is 12.0 Å². The summed E-state index contributed by atoms with van der Waals surface area (Å²) in [5, 5.41) is 14.5. The second-order valence-corrected chi connectivity index (χ2v) is 4.60. The highest BCUT2D eigenvalue weighted by Crippen LogP contribution is 2.21. The second-order valence-electron chi connectivity index (χ2n) is 4.16. The normalized spacial score (nSPS) is 9.95. The lowest BCUT2D eigenvalue weighted by molar-refractivity contribution is 0.0698. The number of nitrogens with one attached hydrogen (secondary N) is 2. The molecule has 0 aliphatic carbocycles. The van der Waals surface area contributed by atoms with E-state index in [2.05, 4.69) is 15.6 Å². The van der Waals surface area contributed by atoms with Crippen LogP contribution in [0, 0.1) is 0 Å². The van der Waals surface area contributed by atoms with Crippen LogP contribution in [0.3, 0.4) is 0 Å². The van der Waals surface area contributed by atoms with Crippen LogP contribution < -0.4 is 10.6 Å². The van der Waals surface area contributed by atoms with E-state index in [1.807, 2.05) is 6.07 Å². The van der Waals surface area contributed by atoms with Crippen molar-refractivity contribution in [1.29, 1.82) is 0 Å². The number of nitrogens with zero attached hydrogens (tertiary/aromatic N) is 1. The van der Waals surface area contributed by atoms with E-state index in [4.69, 9.17) is 16.7 Å². The van der Waals surface area contributed by atoms with Gasteiger partial charge in [0.25, 0.3) is 0 Å². The molecule has 0 aliphatic rings. The lowest BCUT2D eigenvalue weighted by Gasteiger charge is -2.10. The van der Waals surface area contributed by atoms with Gasteiger partial charge in [-0.05, 0) is 29.8 Å². The number of hydrogen-bond acceptors (Lipinski definition) is 3. The molecule has 2 aromatic rings. The molecule has 0 saturated carbocycles. The van der Waals surface area contributed by atoms with Gasteiger partial charge in [0.2, 0.25) is 0 Å². The van der Waals surface area contributed by atoms with E-state index in [9.17, 15) is 9.59 Å². The first kappa shape index (κ1) is 14.8. The molecule has 1 aromatic carbocycles. The van der Waals surface area contributed by atoms with E-state index in [1.165, 1.54) is 18.2 Å². The fraction of sp³-hybridized carbons (Fsp3) is 0.0714. The van der Waals surface area contributed by atoms with E-state index in [0.717, 1.165) is 5.56 Å². The van der Waals surface area contributed by atoms with Gasteiger partial charge in [-0.25, -0.2) is 9.59 Å². The van der Waals surface area contributed by atoms with E-state index >= 15 is 0 Å². The summed E-state index contributed by atoms with van der Waals surface area (Å²) in [6.45, 7) is 0.280. The maximum Gasteiger partial charge on any atom is 0.337 e. The van der Waals surface area contributed by atoms with Crippen molar-refractivity contribution in [2.75, 3.05) is 5.32 Å². The standard InChI is InChI=1S/C14H12ClN3O3/c15-10-3-4-11(13(19)20)12(6-10)18-14(21)17-8-9-2-1-5-16-7-9/h1-7H,8H2,(H,19,20)(H2,17,18,21). The van der Waals surface area contributed by atoms with Crippen LogP contribution in [0.4, 0.5) is 10.5 Å². The van der Waals surface area contributed by atoms with Crippen molar-refractivity contribution in [3.8, 4) is 0 Å². The molecule has 0 bridgehead atoms. The molecule has 2 rings (SSSR count). The number of anilines is 1. The molecule has 0 unspecified atom stereocenters. The molecule has 7 heteroatoms. The highest BCUT2D eigenvalue weighted by atomic mass is 35.5. The van der Waals surface area contributed by atoms with Gasteiger partial charge in [0, 0.05) is 24.0 Å². The molecule has 0 spiro atoms. The van der Waals surface area contributed by atoms with Crippen LogP contribution in [0.15, 0.2) is 42.7 Å². The summed E-state index contributed by atoms with van der Waals surface area (Å²) in [6.07, 6.45) is 3.26. The zero-order valence-electron chi connectivity index (χ0n) is 10.8. The number of carbonyl (C=O) groups excluding carboxylic acids is 1. The number of aromatic nitrogens is 1. The number of benzene rings is 1. The minimum Gasteiger partial charge on any atom is -0.478 e. The third kappa shape index (κ3) is 4.19. The summed E-state index contributed by atoms with van der Waals surface area (Å²) in [7, 11) is 0. The number of urea groups is 1. The Hall–Kier alpha value is -2.60. The molecule has 0 radical (unpaired) electrons. The molecule has 3 N–H and O–H groups in total. The van der Waals surface area contributed by atoms with Crippen LogP contribution in [-0.4, -0.2) is 22.1 Å². The largest absolute Gasteiger partial charge is 0.478 e. The Labute approximate surface area is 125 Å². The van der Waals surface area contributed by atoms with Gasteiger partial charge >= 0.3 is 12.0 Å². The highest BCUT2D eigenvalue weighted by molar-refractivity contribution is 6.31. The Balaban J connectivity index is 2.02. The zero-order valence-corrected chi connectivity index (χ0v) is 11.6. The van der Waals surface area contributed by atoms with Crippen LogP contribution in [-0.2, 0) is 6.54 Å². The molecule has 21 heavy (non-hydrogen) atoms. The molecule has 108 valence electrons. The van der Waals surface area contributed by atoms with Crippen LogP contribution >= 0.6 is 11.6 Å². The summed E-state index contributed by atoms with van der Waals surface area (Å²) in [5.41, 5.74) is 0.937. The molecule has 0 atom stereocenters. The number of aromatic carboxylic acids is 1. The first-order chi connectivity index (χ1) is 10.1. The molecule has 2 amide bonds. The number of carboxylic acid groups (broad SMARTS) is 1. The third-order valence-corrected chi connectivity index (χ3v) is 2.87. The second kappa shape index (κ2) is 6.71. The summed E-state index contributed by atoms with van der Waals surface area (Å²) in [4.78, 5) is 26.8. The first-order valence-electron chi connectivity index (χ1n) is 6.03. The van der Waals surface area contributed by atoms with Crippen LogP contribution in [0.2, 0.25) is 5.02 Å². The van der Waals surface area contributed by atoms with Crippen LogP contribution in [0.25, 0.3) is 0 Å². The van der Waals surface area contributed by atoms with Gasteiger partial charge in [-0.3, -0.25) is 4.98 Å². The lowest BCUT2D eigenvalue weighted by atomic mass is 10.2. The molecule has 0 fully saturated rings. The van der Waals surface area contributed by atoms with Gasteiger partial charge < -0.3 is 15.7 Å². The Morgan fingerprint density at radius 3 is 2.76 bits per heavy atom. The van der Waals surface area contributed by atoms with Crippen molar-refractivity contribution < 1.29 is 14.7 Å². The maximum atomic E-state index is 11.8. The van der Waals surface area contributed by atoms with E-state index in [0.29, 0.717) is 5.02 Å². The fourth-order valence-electron chi connectivity index (χ4n) is 1.66. The summed E-state index contributed by atoms with van der Waals surface area (Å²) < 4.78 is 0. The number of carboxylic acids is 1. The summed E-state index contributed by atoms with van der Waals surface area (Å²) >= 11 is 5.81. The monoisotopic (exact) mass is 305 g/mol. The first-order valence-corrected chi connectivity index (χ1v) is 6.40. The molecule has 0 aliphatic heterocycles. The SMILES string of the molecule is O=C(NCc1cccnc1)Nc1cc(Cl)ccc1C(=O)O. The van der Waals surface area contributed by atoms with Crippen molar-refractivity contribution in [2.45, 2.75) is 6.54 Å². The van der Waals surface area contributed by atoms with Crippen LogP contribution in [0.5, 0.6) is 0 Å². The zero-order chi connectivity index (χ0) is 15.2. The Morgan fingerprint density at radius 2 is 2.10 bits per heavy atom. The van der Waals surface area contributed by atoms with E-state index in [1.54, 1.807) is 18.5 Å². The van der Waals surface area contributed by atoms with Gasteiger partial charge in [0.05, 0.1) is 11.3 Å². The molecule has 0 saturated heterocycles. The maximum absolute atomic E-state index is 11.8. The van der Waals surface area contributed by atoms with Crippen molar-refractivity contribution >= 4 is 29.3 Å². The Bertz CT molecular complexity index is 662. The predicted molar refractivity (Wildman–Crippen MR) is 78.5 cm³/mol. The summed E-state index contributed by atoms with van der Waals surface area (Å²) in [5.74, 6) is -1.14. The molecule has 6 nitrogen and oxygen atoms in total. The van der Waals surface area contributed by atoms with Gasteiger partial charge in [-0.15, -0.1) is 0 Å². The average Bonchev–Trinajstić information content (AvgIpc) is 2.46. The van der Waals surface area contributed by atoms with Crippen molar-refractivity contribution in [3.05, 3.63) is 58.9 Å². The number of carbonyl (C=O) groups is 2. The van der Waals surface area contributed by atoms with Crippen LogP contribution in [0.1, 0.15) is 15.9 Å². The van der Waals surface area contributed by atoms with E-state index in [-0.39, 0.29) is 17.8 Å². The minimum absolute atomic E-state index is 0.0315. The smallest absolute Gasteiger partial charge is 0.337 e. The van der Waals surface area contributed by atoms with Crippen molar-refractivity contribution in [3.63, 3.8) is 0 Å². The summed E-state index contributed by atoms with van der Waals surface area (Å²) in [6, 6.07) is 7.22. The topological polar surface area (TPSA) is 91.3 Å².